The zero-order valence-corrected chi connectivity index (χ0v) is 19.0. The summed E-state index contributed by atoms with van der Waals surface area (Å²) in [6.45, 7) is 2.14. The van der Waals surface area contributed by atoms with Crippen molar-refractivity contribution in [3.8, 4) is 0 Å². The number of halogens is 2. The van der Waals surface area contributed by atoms with Gasteiger partial charge >= 0.3 is 5.97 Å². The van der Waals surface area contributed by atoms with Gasteiger partial charge in [-0.05, 0) is 49.6 Å². The summed E-state index contributed by atoms with van der Waals surface area (Å²) in [4.78, 5) is 28.4. The molecule has 2 aromatic rings. The lowest BCUT2D eigenvalue weighted by atomic mass is 9.81. The SMILES string of the molecule is CCOC(=O)CN(C1CCCC1)C1(Cc2cccc(Cl)c2)C(=O)Nc2cc(Cl)ccc21. The Morgan fingerprint density at radius 3 is 2.61 bits per heavy atom. The van der Waals surface area contributed by atoms with Gasteiger partial charge in [0.15, 0.2) is 0 Å². The second-order valence-corrected chi connectivity index (χ2v) is 9.06. The maximum absolute atomic E-state index is 13.7. The Morgan fingerprint density at radius 1 is 1.16 bits per heavy atom. The lowest BCUT2D eigenvalue weighted by Crippen LogP contribution is -2.57. The Hall–Kier alpha value is -2.08. The van der Waals surface area contributed by atoms with Crippen LogP contribution in [0.3, 0.4) is 0 Å². The molecule has 1 atom stereocenters. The third-order valence-corrected chi connectivity index (χ3v) is 6.73. The van der Waals surface area contributed by atoms with E-state index in [0.717, 1.165) is 36.8 Å². The summed E-state index contributed by atoms with van der Waals surface area (Å²) < 4.78 is 5.29. The molecule has 0 radical (unpaired) electrons. The first kappa shape index (κ1) is 22.1. The first-order chi connectivity index (χ1) is 14.9. The Morgan fingerprint density at radius 2 is 1.90 bits per heavy atom. The average molecular weight is 461 g/mol. The number of nitrogens with one attached hydrogen (secondary N) is 1. The van der Waals surface area contributed by atoms with E-state index in [4.69, 9.17) is 27.9 Å². The number of fused-ring (bicyclic) bond motifs is 1. The van der Waals surface area contributed by atoms with Crippen LogP contribution in [-0.4, -0.2) is 36.0 Å². The van der Waals surface area contributed by atoms with Crippen molar-refractivity contribution in [2.45, 2.75) is 50.6 Å². The molecule has 0 saturated heterocycles. The molecule has 1 aliphatic carbocycles. The second kappa shape index (κ2) is 9.19. The van der Waals surface area contributed by atoms with E-state index in [1.807, 2.05) is 30.3 Å². The first-order valence-electron chi connectivity index (χ1n) is 10.7. The Kier molecular flexibility index (Phi) is 6.56. The molecular formula is C24H26Cl2N2O3. The number of anilines is 1. The van der Waals surface area contributed by atoms with Crippen molar-refractivity contribution in [2.75, 3.05) is 18.5 Å². The Bertz CT molecular complexity index is 991. The van der Waals surface area contributed by atoms with Crippen LogP contribution in [0.1, 0.15) is 43.7 Å². The van der Waals surface area contributed by atoms with E-state index in [0.29, 0.717) is 28.8 Å². The number of hydrogen-bond acceptors (Lipinski definition) is 4. The second-order valence-electron chi connectivity index (χ2n) is 8.18. The molecule has 1 heterocycles. The van der Waals surface area contributed by atoms with Gasteiger partial charge < -0.3 is 10.1 Å². The summed E-state index contributed by atoms with van der Waals surface area (Å²) in [5, 5.41) is 4.19. The minimum absolute atomic E-state index is 0.0502. The van der Waals surface area contributed by atoms with Gasteiger partial charge in [0, 0.05) is 33.8 Å². The molecule has 4 rings (SSSR count). The Balaban J connectivity index is 1.86. The minimum Gasteiger partial charge on any atom is -0.465 e. The zero-order valence-electron chi connectivity index (χ0n) is 17.5. The van der Waals surface area contributed by atoms with Gasteiger partial charge in [0.1, 0.15) is 5.54 Å². The van der Waals surface area contributed by atoms with E-state index in [-0.39, 0.29) is 24.5 Å². The largest absolute Gasteiger partial charge is 0.465 e. The van der Waals surface area contributed by atoms with Crippen molar-refractivity contribution in [1.82, 2.24) is 4.90 Å². The lowest BCUT2D eigenvalue weighted by Gasteiger charge is -2.43. The van der Waals surface area contributed by atoms with E-state index in [1.165, 1.54) is 0 Å². The van der Waals surface area contributed by atoms with Crippen LogP contribution in [0.25, 0.3) is 0 Å². The molecule has 1 saturated carbocycles. The van der Waals surface area contributed by atoms with E-state index in [9.17, 15) is 9.59 Å². The monoisotopic (exact) mass is 460 g/mol. The molecule has 1 fully saturated rings. The van der Waals surface area contributed by atoms with Crippen LogP contribution in [0.2, 0.25) is 10.0 Å². The number of benzene rings is 2. The number of nitrogens with zero attached hydrogens (tertiary/aromatic N) is 1. The fourth-order valence-corrected chi connectivity index (χ4v) is 5.36. The van der Waals surface area contributed by atoms with Crippen molar-refractivity contribution >= 4 is 40.8 Å². The van der Waals surface area contributed by atoms with Crippen molar-refractivity contribution in [3.05, 3.63) is 63.6 Å². The van der Waals surface area contributed by atoms with Crippen molar-refractivity contribution in [3.63, 3.8) is 0 Å². The number of rotatable bonds is 7. The summed E-state index contributed by atoms with van der Waals surface area (Å²) in [6.07, 6.45) is 4.42. The van der Waals surface area contributed by atoms with Crippen LogP contribution in [0, 0.1) is 0 Å². The number of hydrogen-bond donors (Lipinski definition) is 1. The number of esters is 1. The molecule has 7 heteroatoms. The van der Waals surface area contributed by atoms with Crippen LogP contribution < -0.4 is 5.32 Å². The summed E-state index contributed by atoms with van der Waals surface area (Å²) in [5.41, 5.74) is 1.40. The molecule has 2 aromatic carbocycles. The van der Waals surface area contributed by atoms with Gasteiger partial charge in [-0.15, -0.1) is 0 Å². The molecule has 1 amide bonds. The van der Waals surface area contributed by atoms with Crippen LogP contribution in [-0.2, 0) is 26.3 Å². The maximum atomic E-state index is 13.7. The summed E-state index contributed by atoms with van der Waals surface area (Å²) in [7, 11) is 0. The topological polar surface area (TPSA) is 58.6 Å². The molecule has 164 valence electrons. The molecule has 2 aliphatic rings. The summed E-state index contributed by atoms with van der Waals surface area (Å²) in [6, 6.07) is 13.1. The van der Waals surface area contributed by atoms with Gasteiger partial charge in [-0.25, -0.2) is 0 Å². The molecule has 31 heavy (non-hydrogen) atoms. The van der Waals surface area contributed by atoms with Gasteiger partial charge in [-0.3, -0.25) is 14.5 Å². The normalized spacial score (nSPS) is 20.7. The molecule has 0 bridgehead atoms. The van der Waals surface area contributed by atoms with Crippen LogP contribution in [0.15, 0.2) is 42.5 Å². The van der Waals surface area contributed by atoms with Gasteiger partial charge in [-0.2, -0.15) is 0 Å². The highest BCUT2D eigenvalue weighted by Crippen LogP contribution is 2.46. The van der Waals surface area contributed by atoms with Crippen LogP contribution in [0.5, 0.6) is 0 Å². The van der Waals surface area contributed by atoms with Gasteiger partial charge in [0.05, 0.1) is 13.2 Å². The fraction of sp³-hybridized carbons (Fsp3) is 0.417. The highest BCUT2D eigenvalue weighted by atomic mass is 35.5. The molecule has 1 aliphatic heterocycles. The minimum atomic E-state index is -1.05. The number of carbonyl (C=O) groups is 2. The van der Waals surface area contributed by atoms with Crippen molar-refractivity contribution in [2.24, 2.45) is 0 Å². The highest BCUT2D eigenvalue weighted by molar-refractivity contribution is 6.31. The summed E-state index contributed by atoms with van der Waals surface area (Å²) >= 11 is 12.5. The van der Waals surface area contributed by atoms with E-state index < -0.39 is 5.54 Å². The molecule has 0 aromatic heterocycles. The van der Waals surface area contributed by atoms with Gasteiger partial charge in [0.2, 0.25) is 5.91 Å². The van der Waals surface area contributed by atoms with Gasteiger partial charge in [0.25, 0.3) is 0 Å². The van der Waals surface area contributed by atoms with Crippen molar-refractivity contribution < 1.29 is 14.3 Å². The predicted octanol–water partition coefficient (Wildman–Crippen LogP) is 5.19. The quantitative estimate of drug-likeness (QED) is 0.577. The molecule has 5 nitrogen and oxygen atoms in total. The molecular weight excluding hydrogens is 435 g/mol. The fourth-order valence-electron chi connectivity index (χ4n) is 4.97. The average Bonchev–Trinajstić information content (AvgIpc) is 3.34. The predicted molar refractivity (Wildman–Crippen MR) is 123 cm³/mol. The van der Waals surface area contributed by atoms with Crippen LogP contribution in [0.4, 0.5) is 5.69 Å². The summed E-state index contributed by atoms with van der Waals surface area (Å²) in [5.74, 6) is -0.476. The third kappa shape index (κ3) is 4.32. The van der Waals surface area contributed by atoms with Crippen molar-refractivity contribution in [1.29, 1.82) is 0 Å². The lowest BCUT2D eigenvalue weighted by molar-refractivity contribution is -0.149. The smallest absolute Gasteiger partial charge is 0.320 e. The van der Waals surface area contributed by atoms with E-state index in [2.05, 4.69) is 10.2 Å². The first-order valence-corrected chi connectivity index (χ1v) is 11.5. The van der Waals surface area contributed by atoms with Gasteiger partial charge in [-0.1, -0.05) is 54.2 Å². The van der Waals surface area contributed by atoms with E-state index >= 15 is 0 Å². The maximum Gasteiger partial charge on any atom is 0.320 e. The molecule has 1 N–H and O–H groups in total. The molecule has 1 unspecified atom stereocenters. The zero-order chi connectivity index (χ0) is 22.0. The Labute approximate surface area is 192 Å². The van der Waals surface area contributed by atoms with Crippen LogP contribution >= 0.6 is 23.2 Å². The molecule has 0 spiro atoms. The highest BCUT2D eigenvalue weighted by Gasteiger charge is 2.54. The number of amides is 1. The standard InChI is InChI=1S/C24H26Cl2N2O3/c1-2-31-22(29)15-28(19-8-3-4-9-19)24(14-16-6-5-7-17(25)12-16)20-11-10-18(26)13-21(20)27-23(24)30/h5-7,10-13,19H,2-4,8-9,14-15H2,1H3,(H,27,30). The van der Waals surface area contributed by atoms with E-state index in [1.54, 1.807) is 19.1 Å². The number of carbonyl (C=O) groups excluding carboxylic acids is 2. The number of ether oxygens (including phenoxy) is 1. The third-order valence-electron chi connectivity index (χ3n) is 6.26.